The van der Waals surface area contributed by atoms with Gasteiger partial charge in [-0.1, -0.05) is 35.5 Å². The summed E-state index contributed by atoms with van der Waals surface area (Å²) in [5.41, 5.74) is 0.766. The molecule has 2 fully saturated rings. The number of hydrogen-bond acceptors (Lipinski definition) is 5. The molecule has 1 aliphatic heterocycles. The minimum absolute atomic E-state index is 0.0816. The maximum Gasteiger partial charge on any atom is 0.343 e. The molecule has 2 aromatic rings. The Hall–Kier alpha value is -2.83. The van der Waals surface area contributed by atoms with E-state index in [1.54, 1.807) is 12.1 Å². The molecule has 7 nitrogen and oxygen atoms in total. The molecule has 0 atom stereocenters. The number of hydrogen-bond donors (Lipinski definition) is 1. The first kappa shape index (κ1) is 16.6. The fraction of sp³-hybridized carbons (Fsp3) is 0.421. The lowest BCUT2D eigenvalue weighted by Gasteiger charge is -2.22. The van der Waals surface area contributed by atoms with Gasteiger partial charge in [0.1, 0.15) is 0 Å². The van der Waals surface area contributed by atoms with Crippen molar-refractivity contribution in [2.24, 2.45) is 5.92 Å². The third-order valence-corrected chi connectivity index (χ3v) is 4.96. The number of aromatic nitrogens is 1. The zero-order valence-corrected chi connectivity index (χ0v) is 14.4. The Morgan fingerprint density at radius 1 is 1.08 bits per heavy atom. The Balaban J connectivity index is 1.58. The van der Waals surface area contributed by atoms with Crippen molar-refractivity contribution >= 4 is 17.7 Å². The number of aromatic carboxylic acids is 1. The van der Waals surface area contributed by atoms with Gasteiger partial charge < -0.3 is 19.4 Å². The second-order valence-electron chi connectivity index (χ2n) is 6.82. The summed E-state index contributed by atoms with van der Waals surface area (Å²) in [7, 11) is 0. The number of nitrogens with zero attached hydrogens (tertiary/aromatic N) is 3. The molecule has 1 aromatic carbocycles. The molecule has 1 N–H and O–H groups in total. The van der Waals surface area contributed by atoms with Crippen LogP contribution in [0.1, 0.15) is 29.6 Å². The lowest BCUT2D eigenvalue weighted by molar-refractivity contribution is -0.132. The van der Waals surface area contributed by atoms with Crippen LogP contribution in [0.3, 0.4) is 0 Å². The zero-order chi connectivity index (χ0) is 18.1. The van der Waals surface area contributed by atoms with Crippen LogP contribution in [0.4, 0.5) is 5.82 Å². The van der Waals surface area contributed by atoms with Crippen molar-refractivity contribution in [1.82, 2.24) is 10.1 Å². The molecule has 1 aromatic heterocycles. The second-order valence-corrected chi connectivity index (χ2v) is 6.82. The molecule has 2 aliphatic rings. The van der Waals surface area contributed by atoms with Gasteiger partial charge in [-0.2, -0.15) is 0 Å². The van der Waals surface area contributed by atoms with Crippen molar-refractivity contribution in [3.63, 3.8) is 0 Å². The molecule has 0 spiro atoms. The zero-order valence-electron chi connectivity index (χ0n) is 14.4. The number of benzene rings is 1. The number of carbonyl (C=O) groups is 2. The van der Waals surface area contributed by atoms with Crippen LogP contribution in [0.15, 0.2) is 34.9 Å². The van der Waals surface area contributed by atoms with Crippen LogP contribution in [0.25, 0.3) is 11.3 Å². The predicted molar refractivity (Wildman–Crippen MR) is 95.0 cm³/mol. The topological polar surface area (TPSA) is 86.9 Å². The SMILES string of the molecule is O=C(O)c1c(N2CCCN(C(=O)C3CC3)CC2)noc1-c1ccccc1. The summed E-state index contributed by atoms with van der Waals surface area (Å²) in [6.07, 6.45) is 2.77. The molecular weight excluding hydrogens is 334 g/mol. The van der Waals surface area contributed by atoms with E-state index in [0.29, 0.717) is 37.6 Å². The summed E-state index contributed by atoms with van der Waals surface area (Å²) < 4.78 is 5.41. The van der Waals surface area contributed by atoms with E-state index in [2.05, 4.69) is 5.16 Å². The highest BCUT2D eigenvalue weighted by molar-refractivity contribution is 5.99. The van der Waals surface area contributed by atoms with Gasteiger partial charge in [0.2, 0.25) is 5.91 Å². The van der Waals surface area contributed by atoms with Crippen molar-refractivity contribution < 1.29 is 19.2 Å². The minimum Gasteiger partial charge on any atom is -0.477 e. The Kier molecular flexibility index (Phi) is 4.36. The van der Waals surface area contributed by atoms with Crippen LogP contribution < -0.4 is 4.90 Å². The van der Waals surface area contributed by atoms with Gasteiger partial charge in [-0.25, -0.2) is 4.79 Å². The number of carboxylic acid groups (broad SMARTS) is 1. The standard InChI is InChI=1S/C19H21N3O4/c23-18(14-7-8-14)22-10-4-9-21(11-12-22)17-15(19(24)25)16(26-20-17)13-5-2-1-3-6-13/h1-3,5-6,14H,4,7-12H2,(H,24,25). The van der Waals surface area contributed by atoms with Crippen molar-refractivity contribution in [1.29, 1.82) is 0 Å². The lowest BCUT2D eigenvalue weighted by Crippen LogP contribution is -2.36. The second kappa shape index (κ2) is 6.82. The molecule has 4 rings (SSSR count). The molecule has 1 amide bonds. The Morgan fingerprint density at radius 2 is 1.85 bits per heavy atom. The summed E-state index contributed by atoms with van der Waals surface area (Å²) in [6.45, 7) is 2.49. The molecule has 1 saturated heterocycles. The number of amides is 1. The van der Waals surface area contributed by atoms with Crippen LogP contribution in [0.5, 0.6) is 0 Å². The van der Waals surface area contributed by atoms with Crippen molar-refractivity contribution in [2.45, 2.75) is 19.3 Å². The smallest absolute Gasteiger partial charge is 0.343 e. The van der Waals surface area contributed by atoms with E-state index in [9.17, 15) is 14.7 Å². The van der Waals surface area contributed by atoms with Crippen molar-refractivity contribution in [3.05, 3.63) is 35.9 Å². The first-order chi connectivity index (χ1) is 12.6. The highest BCUT2D eigenvalue weighted by Crippen LogP contribution is 2.33. The maximum absolute atomic E-state index is 12.3. The van der Waals surface area contributed by atoms with Crippen molar-refractivity contribution in [2.75, 3.05) is 31.1 Å². The Labute approximate surface area is 151 Å². The number of anilines is 1. The van der Waals surface area contributed by atoms with Gasteiger partial charge in [-0.15, -0.1) is 0 Å². The van der Waals surface area contributed by atoms with E-state index in [0.717, 1.165) is 19.3 Å². The number of rotatable bonds is 4. The molecule has 1 saturated carbocycles. The highest BCUT2D eigenvalue weighted by atomic mass is 16.5. The fourth-order valence-electron chi connectivity index (χ4n) is 3.42. The fourth-order valence-corrected chi connectivity index (χ4v) is 3.42. The lowest BCUT2D eigenvalue weighted by atomic mass is 10.1. The van der Waals surface area contributed by atoms with E-state index in [1.165, 1.54) is 0 Å². The molecule has 136 valence electrons. The minimum atomic E-state index is -1.06. The molecule has 0 unspecified atom stereocenters. The van der Waals surface area contributed by atoms with Gasteiger partial charge in [0.15, 0.2) is 17.1 Å². The average molecular weight is 355 g/mol. The summed E-state index contributed by atoms with van der Waals surface area (Å²) in [4.78, 5) is 28.0. The van der Waals surface area contributed by atoms with Gasteiger partial charge in [0.05, 0.1) is 0 Å². The third-order valence-electron chi connectivity index (χ3n) is 4.96. The average Bonchev–Trinajstić information content (AvgIpc) is 3.44. The molecule has 1 aliphatic carbocycles. The number of carboxylic acids is 1. The Morgan fingerprint density at radius 3 is 2.54 bits per heavy atom. The first-order valence-electron chi connectivity index (χ1n) is 8.97. The molecule has 26 heavy (non-hydrogen) atoms. The van der Waals surface area contributed by atoms with Crippen LogP contribution in [0, 0.1) is 5.92 Å². The van der Waals surface area contributed by atoms with Crippen LogP contribution in [-0.2, 0) is 4.79 Å². The molecule has 0 bridgehead atoms. The van der Waals surface area contributed by atoms with Crippen molar-refractivity contribution in [3.8, 4) is 11.3 Å². The molecule has 7 heteroatoms. The molecular formula is C19H21N3O4. The Bertz CT molecular complexity index is 813. The van der Waals surface area contributed by atoms with Gasteiger partial charge >= 0.3 is 5.97 Å². The van der Waals surface area contributed by atoms with E-state index in [-0.39, 0.29) is 23.1 Å². The van der Waals surface area contributed by atoms with E-state index in [1.807, 2.05) is 28.0 Å². The maximum atomic E-state index is 12.3. The van der Waals surface area contributed by atoms with Gasteiger partial charge in [0, 0.05) is 37.7 Å². The van der Waals surface area contributed by atoms with Gasteiger partial charge in [0.25, 0.3) is 0 Å². The van der Waals surface area contributed by atoms with E-state index in [4.69, 9.17) is 4.52 Å². The van der Waals surface area contributed by atoms with Gasteiger partial charge in [-0.05, 0) is 19.3 Å². The molecule has 0 radical (unpaired) electrons. The summed E-state index contributed by atoms with van der Waals surface area (Å²) in [5.74, 6) is -0.0149. The summed E-state index contributed by atoms with van der Waals surface area (Å²) >= 11 is 0. The molecule has 2 heterocycles. The van der Waals surface area contributed by atoms with Crippen LogP contribution >= 0.6 is 0 Å². The number of carbonyl (C=O) groups excluding carboxylic acids is 1. The van der Waals surface area contributed by atoms with Gasteiger partial charge in [-0.3, -0.25) is 4.79 Å². The predicted octanol–water partition coefficient (Wildman–Crippen LogP) is 2.49. The van der Waals surface area contributed by atoms with Crippen LogP contribution in [0.2, 0.25) is 0 Å². The van der Waals surface area contributed by atoms with E-state index >= 15 is 0 Å². The largest absolute Gasteiger partial charge is 0.477 e. The summed E-state index contributed by atoms with van der Waals surface area (Å²) in [6, 6.07) is 9.12. The normalized spacial score (nSPS) is 17.8. The quantitative estimate of drug-likeness (QED) is 0.907. The monoisotopic (exact) mass is 355 g/mol. The highest BCUT2D eigenvalue weighted by Gasteiger charge is 2.35. The third kappa shape index (κ3) is 3.16. The first-order valence-corrected chi connectivity index (χ1v) is 8.97. The van der Waals surface area contributed by atoms with Crippen LogP contribution in [-0.4, -0.2) is 53.2 Å². The van der Waals surface area contributed by atoms with E-state index < -0.39 is 5.97 Å². The summed E-state index contributed by atoms with van der Waals surface area (Å²) in [5, 5.41) is 13.8.